The summed E-state index contributed by atoms with van der Waals surface area (Å²) in [6.45, 7) is 5.98. The van der Waals surface area contributed by atoms with E-state index < -0.39 is 12.0 Å². The smallest absolute Gasteiger partial charge is 0.338 e. The van der Waals surface area contributed by atoms with E-state index in [9.17, 15) is 9.59 Å². The van der Waals surface area contributed by atoms with Gasteiger partial charge in [-0.2, -0.15) is 0 Å². The third-order valence-corrected chi connectivity index (χ3v) is 6.29. The predicted molar refractivity (Wildman–Crippen MR) is 126 cm³/mol. The van der Waals surface area contributed by atoms with Gasteiger partial charge in [0.15, 0.2) is 0 Å². The lowest BCUT2D eigenvalue weighted by Crippen LogP contribution is -2.46. The van der Waals surface area contributed by atoms with Crippen LogP contribution in [0.4, 0.5) is 4.79 Å². The molecule has 0 bridgehead atoms. The topological polar surface area (TPSA) is 80.3 Å². The Morgan fingerprint density at radius 3 is 2.75 bits per heavy atom. The van der Waals surface area contributed by atoms with Crippen LogP contribution in [0.3, 0.4) is 0 Å². The number of hydrogen-bond donors (Lipinski definition) is 2. The van der Waals surface area contributed by atoms with E-state index in [2.05, 4.69) is 15.6 Å². The highest BCUT2D eigenvalue weighted by Crippen LogP contribution is 2.32. The van der Waals surface area contributed by atoms with Crippen molar-refractivity contribution >= 4 is 34.7 Å². The molecule has 0 unspecified atom stereocenters. The quantitative estimate of drug-likeness (QED) is 0.419. The van der Waals surface area contributed by atoms with Gasteiger partial charge < -0.3 is 15.4 Å². The third kappa shape index (κ3) is 4.62. The van der Waals surface area contributed by atoms with Gasteiger partial charge in [-0.05, 0) is 44.0 Å². The Hall–Kier alpha value is -3.32. The lowest BCUT2D eigenvalue weighted by Gasteiger charge is -2.30. The molecule has 0 saturated heterocycles. The summed E-state index contributed by atoms with van der Waals surface area (Å²) in [5.74, 6) is -0.0539. The van der Waals surface area contributed by atoms with E-state index in [1.807, 2.05) is 68.4 Å². The largest absolute Gasteiger partial charge is 0.463 e. The van der Waals surface area contributed by atoms with Gasteiger partial charge in [-0.1, -0.05) is 48.0 Å². The van der Waals surface area contributed by atoms with Crippen LogP contribution in [0.15, 0.2) is 70.9 Å². The molecule has 2 heterocycles. The molecule has 1 aromatic heterocycles. The molecule has 0 aliphatic carbocycles. The minimum atomic E-state index is -0.581. The average Bonchev–Trinajstić information content (AvgIpc) is 2.78. The number of benzene rings is 2. The van der Waals surface area contributed by atoms with Gasteiger partial charge >= 0.3 is 12.0 Å². The Morgan fingerprint density at radius 1 is 1.12 bits per heavy atom. The summed E-state index contributed by atoms with van der Waals surface area (Å²) in [7, 11) is 0. The van der Waals surface area contributed by atoms with Crippen LogP contribution in [-0.4, -0.2) is 29.3 Å². The maximum atomic E-state index is 13.0. The van der Waals surface area contributed by atoms with E-state index in [1.165, 1.54) is 11.8 Å². The molecule has 7 heteroatoms. The minimum Gasteiger partial charge on any atom is -0.463 e. The number of fused-ring (bicyclic) bond motifs is 1. The Labute approximate surface area is 191 Å². The molecule has 0 fully saturated rings. The zero-order valence-corrected chi connectivity index (χ0v) is 19.1. The number of rotatable bonds is 6. The lowest BCUT2D eigenvalue weighted by atomic mass is 9.91. The molecule has 6 nitrogen and oxygen atoms in total. The number of hydrogen-bond acceptors (Lipinski definition) is 5. The number of aryl methyl sites for hydroxylation is 2. The molecule has 4 rings (SSSR count). The van der Waals surface area contributed by atoms with Crippen molar-refractivity contribution in [1.82, 2.24) is 15.6 Å². The van der Waals surface area contributed by atoms with Crippen molar-refractivity contribution in [1.29, 1.82) is 0 Å². The molecular weight excluding hydrogens is 422 g/mol. The van der Waals surface area contributed by atoms with Gasteiger partial charge in [0, 0.05) is 16.8 Å². The summed E-state index contributed by atoms with van der Waals surface area (Å²) in [4.78, 5) is 30.2. The van der Waals surface area contributed by atoms with E-state index >= 15 is 0 Å². The van der Waals surface area contributed by atoms with Gasteiger partial charge in [0.2, 0.25) is 0 Å². The Kier molecular flexibility index (Phi) is 6.46. The number of nitrogens with zero attached hydrogens (tertiary/aromatic N) is 1. The fourth-order valence-corrected chi connectivity index (χ4v) is 4.61. The highest BCUT2D eigenvalue weighted by atomic mass is 32.2. The zero-order chi connectivity index (χ0) is 22.7. The van der Waals surface area contributed by atoms with E-state index in [-0.39, 0.29) is 12.6 Å². The first kappa shape index (κ1) is 21.9. The second-order valence-electron chi connectivity index (χ2n) is 7.64. The van der Waals surface area contributed by atoms with Gasteiger partial charge in [-0.3, -0.25) is 0 Å². The third-order valence-electron chi connectivity index (χ3n) is 5.33. The van der Waals surface area contributed by atoms with Gasteiger partial charge in [0.1, 0.15) is 0 Å². The van der Waals surface area contributed by atoms with Gasteiger partial charge in [0.25, 0.3) is 0 Å². The summed E-state index contributed by atoms with van der Waals surface area (Å²) < 4.78 is 5.37. The summed E-state index contributed by atoms with van der Waals surface area (Å²) in [6.07, 6.45) is 0. The molecule has 0 radical (unpaired) electrons. The molecule has 3 aromatic rings. The fraction of sp³-hybridized carbons (Fsp3) is 0.240. The molecule has 2 N–H and O–H groups in total. The standard InChI is InChI=1S/C25H25N3O3S/c1-4-31-24(29)22-20(14-32-21-12-11-17-7-5-6-8-19(17)26-21)27-25(30)28-23(22)18-13-15(2)9-10-16(18)3/h5-13,23H,4,14H2,1-3H3,(H2,27,28,30)/t23-/m0/s1. The van der Waals surface area contributed by atoms with Crippen LogP contribution in [0.5, 0.6) is 0 Å². The first-order valence-corrected chi connectivity index (χ1v) is 11.5. The Bertz CT molecular complexity index is 1220. The number of amides is 2. The molecule has 2 amide bonds. The van der Waals surface area contributed by atoms with Crippen molar-refractivity contribution in [2.24, 2.45) is 0 Å². The fourth-order valence-electron chi connectivity index (χ4n) is 3.76. The highest BCUT2D eigenvalue weighted by molar-refractivity contribution is 7.99. The number of esters is 1. The average molecular weight is 448 g/mol. The van der Waals surface area contributed by atoms with Crippen molar-refractivity contribution < 1.29 is 14.3 Å². The van der Waals surface area contributed by atoms with E-state index in [4.69, 9.17) is 4.74 Å². The van der Waals surface area contributed by atoms with Crippen LogP contribution in [0, 0.1) is 13.8 Å². The van der Waals surface area contributed by atoms with Crippen LogP contribution >= 0.6 is 11.8 Å². The first-order valence-electron chi connectivity index (χ1n) is 10.5. The summed E-state index contributed by atoms with van der Waals surface area (Å²) >= 11 is 1.47. The number of aromatic nitrogens is 1. The summed E-state index contributed by atoms with van der Waals surface area (Å²) in [6, 6.07) is 17.0. The van der Waals surface area contributed by atoms with Crippen molar-refractivity contribution in [3.8, 4) is 0 Å². The predicted octanol–water partition coefficient (Wildman–Crippen LogP) is 4.82. The maximum absolute atomic E-state index is 13.0. The Balaban J connectivity index is 1.71. The second-order valence-corrected chi connectivity index (χ2v) is 8.63. The molecule has 2 aromatic carbocycles. The number of pyridine rings is 1. The number of carbonyl (C=O) groups is 2. The summed E-state index contributed by atoms with van der Waals surface area (Å²) in [5.41, 5.74) is 4.80. The SMILES string of the molecule is CCOC(=O)C1=C(CSc2ccc3ccccc3n2)NC(=O)N[C@H]1c1cc(C)ccc1C. The number of ether oxygens (including phenoxy) is 1. The zero-order valence-electron chi connectivity index (χ0n) is 18.3. The number of para-hydroxylation sites is 1. The van der Waals surface area contributed by atoms with Crippen LogP contribution in [0.2, 0.25) is 0 Å². The molecule has 0 spiro atoms. The van der Waals surface area contributed by atoms with Gasteiger partial charge in [-0.25, -0.2) is 14.6 Å². The normalized spacial score (nSPS) is 16.0. The molecule has 0 saturated carbocycles. The number of urea groups is 1. The molecule has 32 heavy (non-hydrogen) atoms. The lowest BCUT2D eigenvalue weighted by molar-refractivity contribution is -0.139. The number of thioether (sulfide) groups is 1. The van der Waals surface area contributed by atoms with E-state index in [1.54, 1.807) is 6.92 Å². The first-order chi connectivity index (χ1) is 15.5. The number of nitrogens with one attached hydrogen (secondary N) is 2. The van der Waals surface area contributed by atoms with Crippen LogP contribution in [-0.2, 0) is 9.53 Å². The molecule has 1 atom stereocenters. The van der Waals surface area contributed by atoms with Crippen molar-refractivity contribution in [2.75, 3.05) is 12.4 Å². The van der Waals surface area contributed by atoms with Crippen LogP contribution in [0.25, 0.3) is 10.9 Å². The van der Waals surface area contributed by atoms with Crippen molar-refractivity contribution in [3.63, 3.8) is 0 Å². The Morgan fingerprint density at radius 2 is 1.94 bits per heavy atom. The second kappa shape index (κ2) is 9.44. The summed E-state index contributed by atoms with van der Waals surface area (Å²) in [5, 5.41) is 7.61. The highest BCUT2D eigenvalue weighted by Gasteiger charge is 2.34. The van der Waals surface area contributed by atoms with Gasteiger partial charge in [-0.15, -0.1) is 11.8 Å². The maximum Gasteiger partial charge on any atom is 0.338 e. The van der Waals surface area contributed by atoms with E-state index in [0.717, 1.165) is 32.6 Å². The number of carbonyl (C=O) groups excluding carboxylic acids is 2. The molecule has 164 valence electrons. The van der Waals surface area contributed by atoms with E-state index in [0.29, 0.717) is 17.0 Å². The van der Waals surface area contributed by atoms with Crippen LogP contribution in [0.1, 0.15) is 29.7 Å². The van der Waals surface area contributed by atoms with Crippen molar-refractivity contribution in [3.05, 3.63) is 82.6 Å². The van der Waals surface area contributed by atoms with Crippen LogP contribution < -0.4 is 10.6 Å². The van der Waals surface area contributed by atoms with Gasteiger partial charge in [0.05, 0.1) is 28.8 Å². The minimum absolute atomic E-state index is 0.252. The molecule has 1 aliphatic rings. The molecular formula is C25H25N3O3S. The molecule has 1 aliphatic heterocycles. The monoisotopic (exact) mass is 447 g/mol. The van der Waals surface area contributed by atoms with Crippen molar-refractivity contribution in [2.45, 2.75) is 31.8 Å².